The fourth-order valence-electron chi connectivity index (χ4n) is 8.86. The number of benzene rings is 8. The van der Waals surface area contributed by atoms with Crippen molar-refractivity contribution in [2.24, 2.45) is 0 Å². The number of hydrogen-bond donors (Lipinski definition) is 0. The lowest BCUT2D eigenvalue weighted by molar-refractivity contribution is 1.17. The quantitative estimate of drug-likeness (QED) is 0.163. The molecule has 0 aliphatic rings. The lowest BCUT2D eigenvalue weighted by Crippen LogP contribution is -1.99. The molecule has 0 spiro atoms. The van der Waals surface area contributed by atoms with Crippen LogP contribution >= 0.6 is 0 Å². The zero-order valence-electron chi connectivity index (χ0n) is 29.5. The third-order valence-corrected chi connectivity index (χ3v) is 11.0. The Morgan fingerprint density at radius 1 is 0.364 bits per heavy atom. The Bertz CT molecular complexity index is 3420. The van der Waals surface area contributed by atoms with E-state index >= 15 is 0 Å². The molecule has 8 aromatic carbocycles. The highest BCUT2D eigenvalue weighted by Crippen LogP contribution is 2.43. The molecule has 0 N–H and O–H groups in total. The second-order valence-electron chi connectivity index (χ2n) is 13.9. The smallest absolute Gasteiger partial charge is 0.197 e. The summed E-state index contributed by atoms with van der Waals surface area (Å²) >= 11 is 0. The SMILES string of the molecule is [C-]#[N+]c1cc(-c2ccccc2-n2c3ccccc3c3c(-n4c5ccccc5c5ccccc54)cccc32)cc(-n2c3ccccc3c3c([N+]#[C-])cccc32)c1. The van der Waals surface area contributed by atoms with Crippen LogP contribution in [0.1, 0.15) is 0 Å². The van der Waals surface area contributed by atoms with Crippen LogP contribution in [0, 0.1) is 13.1 Å². The topological polar surface area (TPSA) is 23.5 Å². The van der Waals surface area contributed by atoms with Crippen LogP contribution in [0.15, 0.2) is 176 Å². The van der Waals surface area contributed by atoms with Crippen LogP contribution in [0.5, 0.6) is 0 Å². The Kier molecular flexibility index (Phi) is 6.61. The molecule has 3 heterocycles. The first-order valence-electron chi connectivity index (χ1n) is 18.3. The summed E-state index contributed by atoms with van der Waals surface area (Å²) in [6.45, 7) is 16.1. The summed E-state index contributed by atoms with van der Waals surface area (Å²) in [6, 6.07) is 61.3. The average Bonchev–Trinajstić information content (AvgIpc) is 3.89. The van der Waals surface area contributed by atoms with Crippen LogP contribution < -0.4 is 0 Å². The van der Waals surface area contributed by atoms with Crippen molar-refractivity contribution in [2.45, 2.75) is 0 Å². The molecule has 0 fully saturated rings. The predicted molar refractivity (Wildman–Crippen MR) is 227 cm³/mol. The molecule has 0 aliphatic heterocycles. The Balaban J connectivity index is 1.19. The van der Waals surface area contributed by atoms with Crippen molar-refractivity contribution in [3.05, 3.63) is 199 Å². The molecule has 5 nitrogen and oxygen atoms in total. The van der Waals surface area contributed by atoms with Crippen molar-refractivity contribution in [3.8, 4) is 28.2 Å². The first-order valence-corrected chi connectivity index (χ1v) is 18.3. The maximum atomic E-state index is 8.20. The van der Waals surface area contributed by atoms with Crippen molar-refractivity contribution in [1.82, 2.24) is 13.7 Å². The predicted octanol–water partition coefficient (Wildman–Crippen LogP) is 13.7. The van der Waals surface area contributed by atoms with Gasteiger partial charge >= 0.3 is 0 Å². The molecule has 0 unspecified atom stereocenters. The van der Waals surface area contributed by atoms with Gasteiger partial charge in [0.15, 0.2) is 11.4 Å². The van der Waals surface area contributed by atoms with Gasteiger partial charge in [0.05, 0.1) is 52.1 Å². The second kappa shape index (κ2) is 11.8. The third kappa shape index (κ3) is 4.39. The van der Waals surface area contributed by atoms with E-state index in [1.165, 1.54) is 32.6 Å². The minimum Gasteiger partial charge on any atom is -0.312 e. The lowest BCUT2D eigenvalue weighted by Gasteiger charge is -2.17. The number of aromatic nitrogens is 3. The molecular formula is C50H29N5. The van der Waals surface area contributed by atoms with Gasteiger partial charge in [-0.3, -0.25) is 0 Å². The van der Waals surface area contributed by atoms with Crippen LogP contribution in [0.4, 0.5) is 11.4 Å². The Hall–Kier alpha value is -7.86. The molecule has 0 radical (unpaired) electrons. The van der Waals surface area contributed by atoms with E-state index in [0.29, 0.717) is 11.4 Å². The van der Waals surface area contributed by atoms with Crippen molar-refractivity contribution in [1.29, 1.82) is 0 Å². The molecule has 254 valence electrons. The van der Waals surface area contributed by atoms with Crippen molar-refractivity contribution in [2.75, 3.05) is 0 Å². The van der Waals surface area contributed by atoms with E-state index in [2.05, 4.69) is 163 Å². The molecule has 0 atom stereocenters. The van der Waals surface area contributed by atoms with E-state index in [4.69, 9.17) is 13.1 Å². The zero-order valence-corrected chi connectivity index (χ0v) is 29.5. The van der Waals surface area contributed by atoms with Gasteiger partial charge in [-0.25, -0.2) is 9.69 Å². The van der Waals surface area contributed by atoms with E-state index in [0.717, 1.165) is 61.0 Å². The summed E-state index contributed by atoms with van der Waals surface area (Å²) in [4.78, 5) is 7.86. The summed E-state index contributed by atoms with van der Waals surface area (Å²) in [5, 5.41) is 6.75. The largest absolute Gasteiger partial charge is 0.312 e. The first-order chi connectivity index (χ1) is 27.2. The summed E-state index contributed by atoms with van der Waals surface area (Å²) < 4.78 is 6.98. The molecule has 0 saturated carbocycles. The van der Waals surface area contributed by atoms with Gasteiger partial charge in [0.1, 0.15) is 0 Å². The van der Waals surface area contributed by atoms with Crippen LogP contribution in [-0.4, -0.2) is 13.7 Å². The van der Waals surface area contributed by atoms with E-state index in [1.807, 2.05) is 36.4 Å². The van der Waals surface area contributed by atoms with Crippen molar-refractivity contribution >= 4 is 76.8 Å². The first kappa shape index (κ1) is 30.7. The van der Waals surface area contributed by atoms with Gasteiger partial charge in [-0.1, -0.05) is 109 Å². The normalized spacial score (nSPS) is 11.6. The summed E-state index contributed by atoms with van der Waals surface area (Å²) in [6.07, 6.45) is 0. The fraction of sp³-hybridized carbons (Fsp3) is 0. The molecular weight excluding hydrogens is 671 g/mol. The number of para-hydroxylation sites is 5. The molecule has 11 aromatic rings. The van der Waals surface area contributed by atoms with E-state index < -0.39 is 0 Å². The molecule has 55 heavy (non-hydrogen) atoms. The van der Waals surface area contributed by atoms with Gasteiger partial charge in [0.25, 0.3) is 0 Å². The van der Waals surface area contributed by atoms with E-state index in [1.54, 1.807) is 0 Å². The van der Waals surface area contributed by atoms with Gasteiger partial charge < -0.3 is 13.7 Å². The number of hydrogen-bond acceptors (Lipinski definition) is 0. The van der Waals surface area contributed by atoms with Crippen LogP contribution in [0.25, 0.3) is 103 Å². The van der Waals surface area contributed by atoms with Crippen LogP contribution in [0.2, 0.25) is 0 Å². The minimum atomic E-state index is 0.547. The fourth-order valence-corrected chi connectivity index (χ4v) is 8.86. The Morgan fingerprint density at radius 3 is 1.53 bits per heavy atom. The van der Waals surface area contributed by atoms with Crippen molar-refractivity contribution < 1.29 is 0 Å². The van der Waals surface area contributed by atoms with Crippen molar-refractivity contribution in [3.63, 3.8) is 0 Å². The summed E-state index contributed by atoms with van der Waals surface area (Å²) in [7, 11) is 0. The summed E-state index contributed by atoms with van der Waals surface area (Å²) in [5.74, 6) is 0. The van der Waals surface area contributed by atoms with Gasteiger partial charge in [0.2, 0.25) is 0 Å². The highest BCUT2D eigenvalue weighted by molar-refractivity contribution is 6.17. The molecule has 0 aliphatic carbocycles. The highest BCUT2D eigenvalue weighted by atomic mass is 15.0. The molecule has 0 amide bonds. The number of nitrogens with zero attached hydrogens (tertiary/aromatic N) is 5. The van der Waals surface area contributed by atoms with E-state index in [9.17, 15) is 0 Å². The molecule has 0 saturated heterocycles. The van der Waals surface area contributed by atoms with Gasteiger partial charge in [-0.05, 0) is 77.7 Å². The molecule has 11 rings (SSSR count). The average molecular weight is 700 g/mol. The Morgan fingerprint density at radius 2 is 0.855 bits per heavy atom. The monoisotopic (exact) mass is 699 g/mol. The number of fused-ring (bicyclic) bond motifs is 9. The molecule has 0 bridgehead atoms. The zero-order chi connectivity index (χ0) is 36.6. The number of rotatable bonds is 4. The summed E-state index contributed by atoms with van der Waals surface area (Å²) in [5.41, 5.74) is 12.6. The molecule has 5 heteroatoms. The standard InChI is InChI=1S/C50H29N5/c1-51-33-29-32(30-34(31-33)53-44-24-11-6-18-38(44)49-40(52-2)20-13-26-46(49)53)35-15-3-8-21-41(35)54-45-25-12-7-19-39(45)50-47(54)27-14-28-48(50)55-42-22-9-4-16-36(42)37-17-5-10-23-43(37)55/h3-31H. The van der Waals surface area contributed by atoms with Gasteiger partial charge in [0, 0.05) is 43.7 Å². The van der Waals surface area contributed by atoms with Crippen LogP contribution in [0.3, 0.4) is 0 Å². The minimum absolute atomic E-state index is 0.547. The van der Waals surface area contributed by atoms with Gasteiger partial charge in [-0.2, -0.15) is 0 Å². The highest BCUT2D eigenvalue weighted by Gasteiger charge is 2.22. The lowest BCUT2D eigenvalue weighted by atomic mass is 10.0. The van der Waals surface area contributed by atoms with Crippen LogP contribution in [-0.2, 0) is 0 Å². The second-order valence-corrected chi connectivity index (χ2v) is 13.9. The third-order valence-electron chi connectivity index (χ3n) is 11.0. The molecule has 3 aromatic heterocycles. The maximum Gasteiger partial charge on any atom is 0.197 e. The Labute approximate surface area is 316 Å². The van der Waals surface area contributed by atoms with Gasteiger partial charge in [-0.15, -0.1) is 0 Å². The maximum absolute atomic E-state index is 8.20. The van der Waals surface area contributed by atoms with E-state index in [-0.39, 0.29) is 0 Å².